The number of ether oxygens (including phenoxy) is 1. The first-order chi connectivity index (χ1) is 8.94. The van der Waals surface area contributed by atoms with Gasteiger partial charge in [-0.05, 0) is 12.8 Å². The third-order valence-corrected chi connectivity index (χ3v) is 2.65. The summed E-state index contributed by atoms with van der Waals surface area (Å²) in [5.41, 5.74) is 0.519. The van der Waals surface area contributed by atoms with E-state index in [1.54, 1.807) is 37.3 Å². The van der Waals surface area contributed by atoms with E-state index in [1.165, 1.54) is 0 Å². The number of rotatable bonds is 7. The molecule has 5 heteroatoms. The molecule has 0 aliphatic carbocycles. The first-order valence-electron chi connectivity index (χ1n) is 6.21. The van der Waals surface area contributed by atoms with Crippen LogP contribution in [0.25, 0.3) is 0 Å². The van der Waals surface area contributed by atoms with Crippen LogP contribution in [0.3, 0.4) is 0 Å². The normalized spacial score (nSPS) is 13.3. The Balaban J connectivity index is 2.44. The number of hydrogen-bond acceptors (Lipinski definition) is 2. The zero-order chi connectivity index (χ0) is 14.3. The van der Waals surface area contributed by atoms with E-state index < -0.39 is 18.7 Å². The van der Waals surface area contributed by atoms with E-state index in [4.69, 9.17) is 4.74 Å². The average Bonchev–Trinajstić information content (AvgIpc) is 2.38. The van der Waals surface area contributed by atoms with Gasteiger partial charge >= 0.3 is 6.18 Å². The molecule has 0 aliphatic rings. The summed E-state index contributed by atoms with van der Waals surface area (Å²) in [6.07, 6.45) is -5.41. The Morgan fingerprint density at radius 3 is 2.42 bits per heavy atom. The highest BCUT2D eigenvalue weighted by atomic mass is 19.4. The van der Waals surface area contributed by atoms with E-state index in [-0.39, 0.29) is 18.8 Å². The highest BCUT2D eigenvalue weighted by molar-refractivity contribution is 5.99. The first-order valence-corrected chi connectivity index (χ1v) is 6.21. The zero-order valence-electron chi connectivity index (χ0n) is 10.7. The summed E-state index contributed by atoms with van der Waals surface area (Å²) in [5, 5.41) is 0. The predicted molar refractivity (Wildman–Crippen MR) is 66.1 cm³/mol. The van der Waals surface area contributed by atoms with Gasteiger partial charge in [0.15, 0.2) is 5.78 Å². The molecule has 2 nitrogen and oxygen atoms in total. The van der Waals surface area contributed by atoms with E-state index in [2.05, 4.69) is 0 Å². The van der Waals surface area contributed by atoms with Crippen molar-refractivity contribution in [2.75, 3.05) is 6.61 Å². The van der Waals surface area contributed by atoms with Gasteiger partial charge in [0.25, 0.3) is 0 Å². The Hall–Kier alpha value is -1.36. The largest absolute Gasteiger partial charge is 0.389 e. The van der Waals surface area contributed by atoms with Crippen LogP contribution >= 0.6 is 0 Å². The molecule has 0 spiro atoms. The van der Waals surface area contributed by atoms with Crippen molar-refractivity contribution < 1.29 is 22.7 Å². The molecule has 1 aromatic carbocycles. The first kappa shape index (κ1) is 15.7. The van der Waals surface area contributed by atoms with Gasteiger partial charge in [-0.15, -0.1) is 0 Å². The lowest BCUT2D eigenvalue weighted by Crippen LogP contribution is -2.24. The number of Topliss-reactive ketones (excluding diaryl/α,β-unsaturated/α-hetero) is 1. The molecule has 1 rings (SSSR count). The third kappa shape index (κ3) is 5.87. The van der Waals surface area contributed by atoms with Crippen molar-refractivity contribution in [3.63, 3.8) is 0 Å². The van der Waals surface area contributed by atoms with E-state index in [0.717, 1.165) is 0 Å². The molecule has 0 radical (unpaired) electrons. The SMILES string of the molecule is CCC(OCCCC(F)(F)F)C(=O)c1ccccc1. The summed E-state index contributed by atoms with van der Waals surface area (Å²) < 4.78 is 41.1. The Morgan fingerprint density at radius 1 is 1.26 bits per heavy atom. The van der Waals surface area contributed by atoms with Crippen molar-refractivity contribution in [1.82, 2.24) is 0 Å². The number of ketones is 1. The molecule has 1 aromatic rings. The highest BCUT2D eigenvalue weighted by Crippen LogP contribution is 2.21. The lowest BCUT2D eigenvalue weighted by atomic mass is 10.0. The van der Waals surface area contributed by atoms with E-state index >= 15 is 0 Å². The molecule has 0 aromatic heterocycles. The molecule has 1 unspecified atom stereocenters. The summed E-state index contributed by atoms with van der Waals surface area (Å²) in [6, 6.07) is 8.61. The fourth-order valence-electron chi connectivity index (χ4n) is 1.67. The van der Waals surface area contributed by atoms with E-state index in [9.17, 15) is 18.0 Å². The van der Waals surface area contributed by atoms with Crippen molar-refractivity contribution in [2.24, 2.45) is 0 Å². The molecule has 1 atom stereocenters. The number of halogens is 3. The van der Waals surface area contributed by atoms with Gasteiger partial charge in [-0.3, -0.25) is 4.79 Å². The highest BCUT2D eigenvalue weighted by Gasteiger charge is 2.26. The number of benzene rings is 1. The number of hydrogen-bond donors (Lipinski definition) is 0. The lowest BCUT2D eigenvalue weighted by Gasteiger charge is -2.15. The third-order valence-electron chi connectivity index (χ3n) is 2.65. The second-order valence-electron chi connectivity index (χ2n) is 4.22. The van der Waals surface area contributed by atoms with Gasteiger partial charge in [0.05, 0.1) is 0 Å². The maximum Gasteiger partial charge on any atom is 0.389 e. The molecule has 0 fully saturated rings. The van der Waals surface area contributed by atoms with Crippen molar-refractivity contribution in [2.45, 2.75) is 38.5 Å². The zero-order valence-corrected chi connectivity index (χ0v) is 10.7. The van der Waals surface area contributed by atoms with Crippen LogP contribution in [0.5, 0.6) is 0 Å². The minimum absolute atomic E-state index is 0.0589. The van der Waals surface area contributed by atoms with E-state index in [1.807, 2.05) is 0 Å². The van der Waals surface area contributed by atoms with Crippen molar-refractivity contribution >= 4 is 5.78 Å². The van der Waals surface area contributed by atoms with Crippen LogP contribution in [-0.2, 0) is 4.74 Å². The second kappa shape index (κ2) is 7.28. The molecule has 0 saturated carbocycles. The summed E-state index contributed by atoms with van der Waals surface area (Å²) >= 11 is 0. The summed E-state index contributed by atoms with van der Waals surface area (Å²) in [4.78, 5) is 12.0. The molecular weight excluding hydrogens is 257 g/mol. The molecule has 0 saturated heterocycles. The molecule has 0 heterocycles. The molecule has 0 bridgehead atoms. The van der Waals surface area contributed by atoms with Crippen LogP contribution in [0.2, 0.25) is 0 Å². The van der Waals surface area contributed by atoms with Crippen molar-refractivity contribution in [3.05, 3.63) is 35.9 Å². The topological polar surface area (TPSA) is 26.3 Å². The Labute approximate surface area is 110 Å². The molecule has 0 N–H and O–H groups in total. The Morgan fingerprint density at radius 2 is 1.89 bits per heavy atom. The van der Waals surface area contributed by atoms with Crippen LogP contribution in [0.1, 0.15) is 36.5 Å². The minimum atomic E-state index is -4.17. The lowest BCUT2D eigenvalue weighted by molar-refractivity contribution is -0.138. The molecular formula is C14H17F3O2. The van der Waals surface area contributed by atoms with Gasteiger partial charge in [0, 0.05) is 18.6 Å². The monoisotopic (exact) mass is 274 g/mol. The molecule has 0 aliphatic heterocycles. The fraction of sp³-hybridized carbons (Fsp3) is 0.500. The Bertz CT molecular complexity index is 387. The van der Waals surface area contributed by atoms with Crippen LogP contribution in [0.4, 0.5) is 13.2 Å². The fourth-order valence-corrected chi connectivity index (χ4v) is 1.67. The summed E-state index contributed by atoms with van der Waals surface area (Å²) in [7, 11) is 0. The van der Waals surface area contributed by atoms with Crippen molar-refractivity contribution in [1.29, 1.82) is 0 Å². The number of carbonyl (C=O) groups excluding carboxylic acids is 1. The van der Waals surface area contributed by atoms with Gasteiger partial charge in [-0.1, -0.05) is 37.3 Å². The van der Waals surface area contributed by atoms with Crippen LogP contribution in [0.15, 0.2) is 30.3 Å². The van der Waals surface area contributed by atoms with Crippen LogP contribution in [0, 0.1) is 0 Å². The summed E-state index contributed by atoms with van der Waals surface area (Å²) in [5.74, 6) is -0.185. The predicted octanol–water partition coefficient (Wildman–Crippen LogP) is 4.01. The Kier molecular flexibility index (Phi) is 6.02. The standard InChI is InChI=1S/C14H17F3O2/c1-2-12(19-10-6-9-14(15,16)17)13(18)11-7-4-3-5-8-11/h3-5,7-8,12H,2,6,9-10H2,1H3. The summed E-state index contributed by atoms with van der Waals surface area (Å²) in [6.45, 7) is 1.71. The number of alkyl halides is 3. The maximum atomic E-state index is 12.0. The van der Waals surface area contributed by atoms with Gasteiger partial charge in [0.1, 0.15) is 6.10 Å². The second-order valence-corrected chi connectivity index (χ2v) is 4.22. The van der Waals surface area contributed by atoms with Gasteiger partial charge < -0.3 is 4.74 Å². The number of carbonyl (C=O) groups is 1. The quantitative estimate of drug-likeness (QED) is 0.554. The van der Waals surface area contributed by atoms with Crippen molar-refractivity contribution in [3.8, 4) is 0 Å². The van der Waals surface area contributed by atoms with Crippen LogP contribution in [-0.4, -0.2) is 24.7 Å². The minimum Gasteiger partial charge on any atom is -0.370 e. The van der Waals surface area contributed by atoms with E-state index in [0.29, 0.717) is 12.0 Å². The van der Waals surface area contributed by atoms with Crippen LogP contribution < -0.4 is 0 Å². The van der Waals surface area contributed by atoms with Gasteiger partial charge in [0.2, 0.25) is 0 Å². The molecule has 106 valence electrons. The van der Waals surface area contributed by atoms with Gasteiger partial charge in [-0.25, -0.2) is 0 Å². The van der Waals surface area contributed by atoms with Gasteiger partial charge in [-0.2, -0.15) is 13.2 Å². The molecule has 19 heavy (non-hydrogen) atoms. The average molecular weight is 274 g/mol. The maximum absolute atomic E-state index is 12.0. The molecule has 0 amide bonds. The smallest absolute Gasteiger partial charge is 0.370 e.